The van der Waals surface area contributed by atoms with Crippen LogP contribution in [0, 0.1) is 5.41 Å². The molecule has 0 amide bonds. The third-order valence-corrected chi connectivity index (χ3v) is 3.68. The Balaban J connectivity index is 3.12. The second kappa shape index (κ2) is 8.12. The first-order valence-corrected chi connectivity index (χ1v) is 7.74. The third kappa shape index (κ3) is 4.27. The monoisotopic (exact) mass is 357 g/mol. The van der Waals surface area contributed by atoms with E-state index in [1.807, 2.05) is 6.07 Å². The Labute approximate surface area is 133 Å². The maximum absolute atomic E-state index is 12.3. The fourth-order valence-electron chi connectivity index (χ4n) is 2.00. The number of hydrogen-bond acceptors (Lipinski definition) is 5. The number of carbonyl (C=O) groups excluding carboxylic acids is 2. The molecular weight excluding hydrogens is 338 g/mol. The van der Waals surface area contributed by atoms with E-state index in [1.165, 1.54) is 0 Å². The van der Waals surface area contributed by atoms with E-state index in [0.717, 1.165) is 4.47 Å². The number of ether oxygens (including phenoxy) is 2. The van der Waals surface area contributed by atoms with Gasteiger partial charge in [-0.1, -0.05) is 6.92 Å². The van der Waals surface area contributed by atoms with Crippen LogP contribution in [0.3, 0.4) is 0 Å². The third-order valence-electron chi connectivity index (χ3n) is 3.21. The predicted molar refractivity (Wildman–Crippen MR) is 81.6 cm³/mol. The minimum absolute atomic E-state index is 0.161. The van der Waals surface area contributed by atoms with Crippen molar-refractivity contribution in [2.45, 2.75) is 33.6 Å². The molecule has 0 saturated heterocycles. The van der Waals surface area contributed by atoms with Crippen molar-refractivity contribution in [3.8, 4) is 0 Å². The maximum Gasteiger partial charge on any atom is 0.323 e. The zero-order valence-corrected chi connectivity index (χ0v) is 14.1. The summed E-state index contributed by atoms with van der Waals surface area (Å²) in [6, 6.07) is 3.59. The van der Waals surface area contributed by atoms with E-state index in [9.17, 15) is 9.59 Å². The molecule has 0 aliphatic rings. The SMILES string of the molecule is CCOC(=O)C(CC)(Cc1ccc(Br)cn1)C(=O)OCC. The minimum atomic E-state index is -1.34. The van der Waals surface area contributed by atoms with E-state index < -0.39 is 17.4 Å². The summed E-state index contributed by atoms with van der Waals surface area (Å²) in [7, 11) is 0. The van der Waals surface area contributed by atoms with Crippen molar-refractivity contribution in [3.63, 3.8) is 0 Å². The van der Waals surface area contributed by atoms with Gasteiger partial charge in [0.05, 0.1) is 13.2 Å². The topological polar surface area (TPSA) is 65.5 Å². The van der Waals surface area contributed by atoms with Crippen LogP contribution < -0.4 is 0 Å². The van der Waals surface area contributed by atoms with Gasteiger partial charge in [-0.15, -0.1) is 0 Å². The van der Waals surface area contributed by atoms with Crippen LogP contribution in [0.25, 0.3) is 0 Å². The van der Waals surface area contributed by atoms with Crippen LogP contribution in [-0.4, -0.2) is 30.1 Å². The number of nitrogens with zero attached hydrogens (tertiary/aromatic N) is 1. The fourth-order valence-corrected chi connectivity index (χ4v) is 2.23. The lowest BCUT2D eigenvalue weighted by molar-refractivity contribution is -0.172. The summed E-state index contributed by atoms with van der Waals surface area (Å²) in [4.78, 5) is 28.9. The van der Waals surface area contributed by atoms with Gasteiger partial charge in [0.15, 0.2) is 5.41 Å². The number of esters is 2. The molecule has 0 atom stereocenters. The molecule has 1 rings (SSSR count). The second-order valence-corrected chi connectivity index (χ2v) is 5.44. The molecule has 0 N–H and O–H groups in total. The van der Waals surface area contributed by atoms with Gasteiger partial charge in [-0.3, -0.25) is 14.6 Å². The maximum atomic E-state index is 12.3. The molecule has 0 radical (unpaired) electrons. The van der Waals surface area contributed by atoms with Gasteiger partial charge in [0.2, 0.25) is 0 Å². The van der Waals surface area contributed by atoms with Gasteiger partial charge < -0.3 is 9.47 Å². The van der Waals surface area contributed by atoms with Gasteiger partial charge in [0.25, 0.3) is 0 Å². The molecule has 6 heteroatoms. The van der Waals surface area contributed by atoms with Crippen LogP contribution in [0.15, 0.2) is 22.8 Å². The van der Waals surface area contributed by atoms with Crippen molar-refractivity contribution >= 4 is 27.9 Å². The van der Waals surface area contributed by atoms with Gasteiger partial charge >= 0.3 is 11.9 Å². The first-order valence-electron chi connectivity index (χ1n) is 6.95. The summed E-state index contributed by atoms with van der Waals surface area (Å²) < 4.78 is 11.0. The minimum Gasteiger partial charge on any atom is -0.465 e. The number of pyridine rings is 1. The van der Waals surface area contributed by atoms with Gasteiger partial charge in [0, 0.05) is 22.8 Å². The van der Waals surface area contributed by atoms with E-state index in [-0.39, 0.29) is 19.6 Å². The van der Waals surface area contributed by atoms with Gasteiger partial charge in [-0.05, 0) is 48.3 Å². The smallest absolute Gasteiger partial charge is 0.323 e. The van der Waals surface area contributed by atoms with Crippen molar-refractivity contribution in [3.05, 3.63) is 28.5 Å². The molecule has 0 saturated carbocycles. The summed E-state index contributed by atoms with van der Waals surface area (Å²) in [5.74, 6) is -1.12. The van der Waals surface area contributed by atoms with Crippen LogP contribution in [0.5, 0.6) is 0 Å². The van der Waals surface area contributed by atoms with Crippen LogP contribution in [0.4, 0.5) is 0 Å². The standard InChI is InChI=1S/C15H20BrNO4/c1-4-15(13(18)20-5-2,14(19)21-6-3)9-12-8-7-11(16)10-17-12/h7-8,10H,4-6,9H2,1-3H3. The Morgan fingerprint density at radius 3 is 2.10 bits per heavy atom. The van der Waals surface area contributed by atoms with Crippen molar-refractivity contribution < 1.29 is 19.1 Å². The fraction of sp³-hybridized carbons (Fsp3) is 0.533. The largest absolute Gasteiger partial charge is 0.465 e. The molecule has 0 unspecified atom stereocenters. The summed E-state index contributed by atoms with van der Waals surface area (Å²) in [6.45, 7) is 5.62. The highest BCUT2D eigenvalue weighted by atomic mass is 79.9. The Bertz CT molecular complexity index is 469. The lowest BCUT2D eigenvalue weighted by Gasteiger charge is -2.27. The zero-order valence-electron chi connectivity index (χ0n) is 12.5. The van der Waals surface area contributed by atoms with E-state index >= 15 is 0 Å². The molecule has 116 valence electrons. The Kier molecular flexibility index (Phi) is 6.81. The Hall–Kier alpha value is -1.43. The van der Waals surface area contributed by atoms with E-state index in [4.69, 9.17) is 9.47 Å². The van der Waals surface area contributed by atoms with Crippen LogP contribution >= 0.6 is 15.9 Å². The highest BCUT2D eigenvalue weighted by Gasteiger charge is 2.47. The molecule has 0 spiro atoms. The average molecular weight is 358 g/mol. The number of rotatable bonds is 7. The molecule has 0 aliphatic carbocycles. The lowest BCUT2D eigenvalue weighted by Crippen LogP contribution is -2.43. The normalized spacial score (nSPS) is 11.0. The molecule has 0 fully saturated rings. The van der Waals surface area contributed by atoms with Crippen LogP contribution in [0.2, 0.25) is 0 Å². The quantitative estimate of drug-likeness (QED) is 0.554. The molecule has 1 aromatic heterocycles. The van der Waals surface area contributed by atoms with Gasteiger partial charge in [-0.2, -0.15) is 0 Å². The molecule has 1 heterocycles. The molecule has 0 aromatic carbocycles. The summed E-state index contributed by atoms with van der Waals surface area (Å²) in [5.41, 5.74) is -0.700. The number of carbonyl (C=O) groups is 2. The van der Waals surface area contributed by atoms with Crippen molar-refractivity contribution in [1.29, 1.82) is 0 Å². The molecule has 0 bridgehead atoms. The predicted octanol–water partition coefficient (Wildman–Crippen LogP) is 2.91. The first kappa shape index (κ1) is 17.6. The molecule has 1 aromatic rings. The zero-order chi connectivity index (χ0) is 15.9. The first-order chi connectivity index (χ1) is 10.00. The summed E-state index contributed by atoms with van der Waals surface area (Å²) in [5, 5.41) is 0. The number of halogens is 1. The highest BCUT2D eigenvalue weighted by molar-refractivity contribution is 9.10. The molecular formula is C15H20BrNO4. The summed E-state index contributed by atoms with van der Waals surface area (Å²) in [6.07, 6.45) is 2.09. The van der Waals surface area contributed by atoms with E-state index in [1.54, 1.807) is 33.0 Å². The molecule has 0 aliphatic heterocycles. The Morgan fingerprint density at radius 2 is 1.71 bits per heavy atom. The van der Waals surface area contributed by atoms with Gasteiger partial charge in [0.1, 0.15) is 0 Å². The Morgan fingerprint density at radius 1 is 1.14 bits per heavy atom. The van der Waals surface area contributed by atoms with Crippen LogP contribution in [0.1, 0.15) is 32.9 Å². The number of hydrogen-bond donors (Lipinski definition) is 0. The van der Waals surface area contributed by atoms with E-state index in [0.29, 0.717) is 12.1 Å². The molecule has 21 heavy (non-hydrogen) atoms. The van der Waals surface area contributed by atoms with Crippen LogP contribution in [-0.2, 0) is 25.5 Å². The number of aromatic nitrogens is 1. The lowest BCUT2D eigenvalue weighted by atomic mass is 9.80. The highest BCUT2D eigenvalue weighted by Crippen LogP contribution is 2.30. The van der Waals surface area contributed by atoms with E-state index in [2.05, 4.69) is 20.9 Å². The average Bonchev–Trinajstić information content (AvgIpc) is 2.47. The van der Waals surface area contributed by atoms with Crippen molar-refractivity contribution in [2.24, 2.45) is 5.41 Å². The van der Waals surface area contributed by atoms with Crippen molar-refractivity contribution in [2.75, 3.05) is 13.2 Å². The van der Waals surface area contributed by atoms with Gasteiger partial charge in [-0.25, -0.2) is 0 Å². The second-order valence-electron chi connectivity index (χ2n) is 4.52. The molecule has 5 nitrogen and oxygen atoms in total. The summed E-state index contributed by atoms with van der Waals surface area (Å²) >= 11 is 3.30. The van der Waals surface area contributed by atoms with Crippen molar-refractivity contribution in [1.82, 2.24) is 4.98 Å².